The summed E-state index contributed by atoms with van der Waals surface area (Å²) in [6, 6.07) is 20.9. The van der Waals surface area contributed by atoms with E-state index in [1.54, 1.807) is 35.9 Å². The topological polar surface area (TPSA) is 112 Å². The standard InChI is InChI=1S/C29H19N7OS/c37-29(17-4-2-1-3-5-17)32-20-12-19(14-30-15-20)22-6-7-24-27(34-22)28(36-35-24)25-13-21-23(33-25)8-10-31-26(21)18-9-11-38-16-18/h1-16,33H,(H,32,37)(H,35,36). The molecule has 0 spiro atoms. The van der Waals surface area contributed by atoms with Crippen molar-refractivity contribution in [3.63, 3.8) is 0 Å². The zero-order valence-electron chi connectivity index (χ0n) is 19.8. The second-order valence-corrected chi connectivity index (χ2v) is 9.54. The number of anilines is 1. The zero-order valence-corrected chi connectivity index (χ0v) is 20.7. The number of hydrogen-bond acceptors (Lipinski definition) is 6. The van der Waals surface area contributed by atoms with E-state index in [4.69, 9.17) is 4.98 Å². The molecule has 9 heteroatoms. The van der Waals surface area contributed by atoms with Crippen LogP contribution < -0.4 is 5.32 Å². The van der Waals surface area contributed by atoms with Crippen molar-refractivity contribution in [1.82, 2.24) is 30.1 Å². The number of amides is 1. The highest BCUT2D eigenvalue weighted by atomic mass is 32.1. The first-order valence-electron chi connectivity index (χ1n) is 11.9. The highest BCUT2D eigenvalue weighted by Crippen LogP contribution is 2.33. The molecular formula is C29H19N7OS. The van der Waals surface area contributed by atoms with Gasteiger partial charge in [0.1, 0.15) is 11.2 Å². The molecular weight excluding hydrogens is 494 g/mol. The smallest absolute Gasteiger partial charge is 0.255 e. The highest BCUT2D eigenvalue weighted by molar-refractivity contribution is 7.08. The van der Waals surface area contributed by atoms with Crippen LogP contribution in [0.4, 0.5) is 5.69 Å². The summed E-state index contributed by atoms with van der Waals surface area (Å²) < 4.78 is 0. The molecule has 0 saturated heterocycles. The fourth-order valence-electron chi connectivity index (χ4n) is 4.50. The van der Waals surface area contributed by atoms with Crippen molar-refractivity contribution >= 4 is 44.9 Å². The van der Waals surface area contributed by atoms with Crippen LogP contribution >= 0.6 is 11.3 Å². The molecule has 1 aromatic carbocycles. The molecule has 0 atom stereocenters. The summed E-state index contributed by atoms with van der Waals surface area (Å²) in [6.45, 7) is 0. The average molecular weight is 514 g/mol. The van der Waals surface area contributed by atoms with Crippen LogP contribution in [0.5, 0.6) is 0 Å². The summed E-state index contributed by atoms with van der Waals surface area (Å²) in [4.78, 5) is 29.9. The zero-order chi connectivity index (χ0) is 25.5. The summed E-state index contributed by atoms with van der Waals surface area (Å²) in [5.41, 5.74) is 8.80. The van der Waals surface area contributed by atoms with Crippen LogP contribution in [-0.4, -0.2) is 36.0 Å². The molecule has 1 amide bonds. The van der Waals surface area contributed by atoms with Gasteiger partial charge in [0.2, 0.25) is 0 Å². The van der Waals surface area contributed by atoms with E-state index in [1.807, 2.05) is 54.0 Å². The molecule has 0 aliphatic carbocycles. The number of nitrogens with one attached hydrogen (secondary N) is 3. The first-order chi connectivity index (χ1) is 18.7. The van der Waals surface area contributed by atoms with Crippen molar-refractivity contribution in [2.75, 3.05) is 5.32 Å². The molecule has 6 heterocycles. The van der Waals surface area contributed by atoms with Gasteiger partial charge in [-0.3, -0.25) is 19.9 Å². The van der Waals surface area contributed by atoms with Crippen molar-refractivity contribution in [3.05, 3.63) is 102 Å². The number of nitrogens with zero attached hydrogens (tertiary/aromatic N) is 4. The number of pyridine rings is 3. The van der Waals surface area contributed by atoms with Crippen LogP contribution in [0.25, 0.3) is 55.8 Å². The summed E-state index contributed by atoms with van der Waals surface area (Å²) in [7, 11) is 0. The van der Waals surface area contributed by atoms with Crippen LogP contribution in [-0.2, 0) is 0 Å². The van der Waals surface area contributed by atoms with Gasteiger partial charge in [0.15, 0.2) is 0 Å². The summed E-state index contributed by atoms with van der Waals surface area (Å²) in [6.07, 6.45) is 5.16. The minimum atomic E-state index is -0.194. The number of H-pyrrole nitrogens is 2. The molecule has 0 saturated carbocycles. The fraction of sp³-hybridized carbons (Fsp3) is 0. The van der Waals surface area contributed by atoms with Gasteiger partial charge in [-0.25, -0.2) is 4.98 Å². The normalized spacial score (nSPS) is 11.3. The Hall–Kier alpha value is -5.15. The SMILES string of the molecule is O=C(Nc1cncc(-c2ccc3[nH]nc(-c4cc5c(-c6ccsc6)nccc5[nH]4)c3n2)c1)c1ccccc1. The van der Waals surface area contributed by atoms with E-state index in [-0.39, 0.29) is 5.91 Å². The number of fused-ring (bicyclic) bond motifs is 2. The van der Waals surface area contributed by atoms with Crippen LogP contribution in [0.3, 0.4) is 0 Å². The lowest BCUT2D eigenvalue weighted by atomic mass is 10.1. The van der Waals surface area contributed by atoms with Crippen molar-refractivity contribution in [1.29, 1.82) is 0 Å². The van der Waals surface area contributed by atoms with E-state index in [0.717, 1.165) is 55.8 Å². The second kappa shape index (κ2) is 9.06. The van der Waals surface area contributed by atoms with Gasteiger partial charge in [0.05, 0.1) is 34.5 Å². The Bertz CT molecular complexity index is 1920. The van der Waals surface area contributed by atoms with Crippen molar-refractivity contribution in [2.24, 2.45) is 0 Å². The first kappa shape index (κ1) is 22.1. The maximum Gasteiger partial charge on any atom is 0.255 e. The van der Waals surface area contributed by atoms with Gasteiger partial charge < -0.3 is 10.3 Å². The Labute approximate surface area is 220 Å². The van der Waals surface area contributed by atoms with Crippen molar-refractivity contribution in [2.45, 2.75) is 0 Å². The number of aromatic nitrogens is 6. The third-order valence-electron chi connectivity index (χ3n) is 6.33. The van der Waals surface area contributed by atoms with Gasteiger partial charge in [0.25, 0.3) is 5.91 Å². The number of rotatable bonds is 5. The van der Waals surface area contributed by atoms with E-state index in [9.17, 15) is 4.79 Å². The molecule has 0 unspecified atom stereocenters. The molecule has 0 aliphatic rings. The van der Waals surface area contributed by atoms with Crippen LogP contribution in [0.15, 0.2) is 96.1 Å². The maximum absolute atomic E-state index is 12.6. The molecule has 182 valence electrons. The van der Waals surface area contributed by atoms with Gasteiger partial charge in [-0.15, -0.1) is 0 Å². The van der Waals surface area contributed by atoms with E-state index >= 15 is 0 Å². The van der Waals surface area contributed by atoms with E-state index < -0.39 is 0 Å². The number of carbonyl (C=O) groups is 1. The Kier molecular flexibility index (Phi) is 5.26. The van der Waals surface area contributed by atoms with E-state index in [2.05, 4.69) is 48.0 Å². The lowest BCUT2D eigenvalue weighted by Crippen LogP contribution is -2.11. The third kappa shape index (κ3) is 3.91. The van der Waals surface area contributed by atoms with Gasteiger partial charge in [-0.05, 0) is 53.9 Å². The lowest BCUT2D eigenvalue weighted by Gasteiger charge is -2.07. The average Bonchev–Trinajstić information content (AvgIpc) is 3.73. The fourth-order valence-corrected chi connectivity index (χ4v) is 5.14. The quantitative estimate of drug-likeness (QED) is 0.242. The summed E-state index contributed by atoms with van der Waals surface area (Å²) in [5, 5.41) is 15.7. The molecule has 6 aromatic heterocycles. The van der Waals surface area contributed by atoms with E-state index in [0.29, 0.717) is 11.3 Å². The minimum absolute atomic E-state index is 0.194. The van der Waals surface area contributed by atoms with E-state index in [1.165, 1.54) is 0 Å². The molecule has 38 heavy (non-hydrogen) atoms. The molecule has 0 radical (unpaired) electrons. The predicted molar refractivity (Wildman–Crippen MR) is 150 cm³/mol. The first-order valence-corrected chi connectivity index (χ1v) is 12.8. The Morgan fingerprint density at radius 2 is 1.82 bits per heavy atom. The predicted octanol–water partition coefficient (Wildman–Crippen LogP) is 6.54. The van der Waals surface area contributed by atoms with Crippen LogP contribution in [0.1, 0.15) is 10.4 Å². The number of aromatic amines is 2. The Balaban J connectivity index is 1.25. The lowest BCUT2D eigenvalue weighted by molar-refractivity contribution is 0.102. The van der Waals surface area contributed by atoms with Crippen molar-refractivity contribution in [3.8, 4) is 33.9 Å². The molecule has 8 nitrogen and oxygen atoms in total. The second-order valence-electron chi connectivity index (χ2n) is 8.76. The molecule has 7 rings (SSSR count). The summed E-state index contributed by atoms with van der Waals surface area (Å²) in [5.74, 6) is -0.194. The third-order valence-corrected chi connectivity index (χ3v) is 7.02. The molecule has 0 bridgehead atoms. The number of hydrogen-bond donors (Lipinski definition) is 3. The van der Waals surface area contributed by atoms with Crippen LogP contribution in [0, 0.1) is 0 Å². The molecule has 0 aliphatic heterocycles. The minimum Gasteiger partial charge on any atom is -0.353 e. The number of benzene rings is 1. The largest absolute Gasteiger partial charge is 0.353 e. The number of thiophene rings is 1. The summed E-state index contributed by atoms with van der Waals surface area (Å²) >= 11 is 1.65. The van der Waals surface area contributed by atoms with Gasteiger partial charge in [0, 0.05) is 45.4 Å². The Morgan fingerprint density at radius 1 is 0.895 bits per heavy atom. The Morgan fingerprint density at radius 3 is 2.68 bits per heavy atom. The molecule has 0 fully saturated rings. The van der Waals surface area contributed by atoms with Gasteiger partial charge in [-0.1, -0.05) is 18.2 Å². The van der Waals surface area contributed by atoms with Crippen LogP contribution in [0.2, 0.25) is 0 Å². The van der Waals surface area contributed by atoms with Crippen molar-refractivity contribution < 1.29 is 4.79 Å². The maximum atomic E-state index is 12.6. The monoisotopic (exact) mass is 513 g/mol. The molecule has 3 N–H and O–H groups in total. The highest BCUT2D eigenvalue weighted by Gasteiger charge is 2.16. The van der Waals surface area contributed by atoms with Gasteiger partial charge >= 0.3 is 0 Å². The molecule has 7 aromatic rings. The number of carbonyl (C=O) groups excluding carboxylic acids is 1. The van der Waals surface area contributed by atoms with Gasteiger partial charge in [-0.2, -0.15) is 16.4 Å².